The molecular formula is C24H25N5O2. The smallest absolute Gasteiger partial charge is 0.208 e. The summed E-state index contributed by atoms with van der Waals surface area (Å²) in [7, 11) is 1.99. The Hall–Kier alpha value is -3.32. The third-order valence-corrected chi connectivity index (χ3v) is 6.13. The molecule has 1 aliphatic rings. The first-order valence-corrected chi connectivity index (χ1v) is 10.6. The van der Waals surface area contributed by atoms with Crippen LogP contribution < -0.4 is 0 Å². The summed E-state index contributed by atoms with van der Waals surface area (Å²) in [5.74, 6) is 1.11. The van der Waals surface area contributed by atoms with Crippen LogP contribution in [0.3, 0.4) is 0 Å². The number of carbonyl (C=O) groups is 1. The van der Waals surface area contributed by atoms with Gasteiger partial charge >= 0.3 is 0 Å². The molecule has 5 rings (SSSR count). The Morgan fingerprint density at radius 2 is 2.00 bits per heavy atom. The highest BCUT2D eigenvalue weighted by molar-refractivity contribution is 5.88. The number of fused-ring (bicyclic) bond motifs is 1. The largest absolute Gasteiger partial charge is 0.448 e. The zero-order valence-corrected chi connectivity index (χ0v) is 17.6. The van der Waals surface area contributed by atoms with Gasteiger partial charge in [-0.05, 0) is 43.5 Å². The highest BCUT2D eigenvalue weighted by atomic mass is 16.3. The molecule has 31 heavy (non-hydrogen) atoms. The number of Topliss-reactive ketones (excluding diaryl/α,β-unsaturated/α-hetero) is 1. The van der Waals surface area contributed by atoms with E-state index in [1.807, 2.05) is 30.1 Å². The van der Waals surface area contributed by atoms with E-state index < -0.39 is 0 Å². The van der Waals surface area contributed by atoms with Crippen LogP contribution in [0.15, 0.2) is 59.9 Å². The van der Waals surface area contributed by atoms with Crippen molar-refractivity contribution in [2.24, 2.45) is 13.0 Å². The Morgan fingerprint density at radius 3 is 2.74 bits per heavy atom. The maximum atomic E-state index is 12.9. The van der Waals surface area contributed by atoms with E-state index in [2.05, 4.69) is 38.1 Å². The van der Waals surface area contributed by atoms with Crippen LogP contribution in [0.4, 0.5) is 0 Å². The van der Waals surface area contributed by atoms with Crippen molar-refractivity contribution in [2.45, 2.75) is 25.8 Å². The monoisotopic (exact) mass is 415 g/mol. The third kappa shape index (κ3) is 4.27. The molecule has 0 spiro atoms. The maximum Gasteiger partial charge on any atom is 0.208 e. The average Bonchev–Trinajstić information content (AvgIpc) is 3.45. The van der Waals surface area contributed by atoms with Gasteiger partial charge in [0.05, 0.1) is 31.0 Å². The van der Waals surface area contributed by atoms with Crippen LogP contribution in [0.25, 0.3) is 22.0 Å². The Morgan fingerprint density at radius 1 is 1.13 bits per heavy atom. The van der Waals surface area contributed by atoms with Crippen molar-refractivity contribution in [1.82, 2.24) is 24.4 Å². The number of hydrogen-bond acceptors (Lipinski definition) is 6. The topological polar surface area (TPSA) is 77.1 Å². The lowest BCUT2D eigenvalue weighted by Crippen LogP contribution is -2.36. The molecule has 0 N–H and O–H groups in total. The van der Waals surface area contributed by atoms with E-state index in [4.69, 9.17) is 4.42 Å². The number of carbonyl (C=O) groups excluding carboxylic acids is 1. The van der Waals surface area contributed by atoms with E-state index in [1.165, 1.54) is 0 Å². The summed E-state index contributed by atoms with van der Waals surface area (Å²) in [4.78, 5) is 28.2. The van der Waals surface area contributed by atoms with Crippen LogP contribution in [0.1, 0.15) is 24.4 Å². The Balaban J connectivity index is 1.24. The van der Waals surface area contributed by atoms with Crippen molar-refractivity contribution >= 4 is 16.6 Å². The number of oxazole rings is 1. The zero-order valence-electron chi connectivity index (χ0n) is 17.6. The number of nitrogens with zero attached hydrogens (tertiary/aromatic N) is 5. The van der Waals surface area contributed by atoms with Gasteiger partial charge in [-0.25, -0.2) is 9.97 Å². The lowest BCUT2D eigenvalue weighted by Gasteiger charge is -2.30. The lowest BCUT2D eigenvalue weighted by atomic mass is 9.90. The number of piperidine rings is 1. The van der Waals surface area contributed by atoms with Crippen molar-refractivity contribution in [2.75, 3.05) is 13.1 Å². The quantitative estimate of drug-likeness (QED) is 0.478. The summed E-state index contributed by atoms with van der Waals surface area (Å²) in [6.45, 7) is 2.48. The summed E-state index contributed by atoms with van der Waals surface area (Å²) >= 11 is 0. The molecule has 7 heteroatoms. The van der Waals surface area contributed by atoms with Gasteiger partial charge in [-0.2, -0.15) is 0 Å². The summed E-state index contributed by atoms with van der Waals surface area (Å²) in [6.07, 6.45) is 10.9. The number of benzene rings is 1. The summed E-state index contributed by atoms with van der Waals surface area (Å²) in [6, 6.07) is 8.34. The molecule has 7 nitrogen and oxygen atoms in total. The fourth-order valence-electron chi connectivity index (χ4n) is 4.34. The normalized spacial score (nSPS) is 15.5. The molecule has 4 heterocycles. The van der Waals surface area contributed by atoms with E-state index in [-0.39, 0.29) is 11.7 Å². The number of pyridine rings is 1. The van der Waals surface area contributed by atoms with Crippen molar-refractivity contribution in [1.29, 1.82) is 0 Å². The molecule has 0 aliphatic carbocycles. The molecule has 0 amide bonds. The van der Waals surface area contributed by atoms with Crippen LogP contribution in [-0.2, 0) is 24.8 Å². The van der Waals surface area contributed by atoms with Crippen LogP contribution in [0.5, 0.6) is 0 Å². The first-order chi connectivity index (χ1) is 15.2. The van der Waals surface area contributed by atoms with Crippen molar-refractivity contribution in [3.05, 3.63) is 67.0 Å². The van der Waals surface area contributed by atoms with Gasteiger partial charge in [0.15, 0.2) is 0 Å². The number of aryl methyl sites for hydroxylation is 1. The van der Waals surface area contributed by atoms with Crippen molar-refractivity contribution < 1.29 is 9.21 Å². The fourth-order valence-corrected chi connectivity index (χ4v) is 4.34. The molecule has 4 aromatic rings. The van der Waals surface area contributed by atoms with E-state index in [0.29, 0.717) is 13.0 Å². The molecule has 0 saturated carbocycles. The molecule has 0 bridgehead atoms. The van der Waals surface area contributed by atoms with Crippen LogP contribution in [-0.4, -0.2) is 43.3 Å². The second-order valence-electron chi connectivity index (χ2n) is 8.25. The highest BCUT2D eigenvalue weighted by Crippen LogP contribution is 2.25. The lowest BCUT2D eigenvalue weighted by molar-refractivity contribution is -0.123. The molecule has 0 radical (unpaired) electrons. The zero-order chi connectivity index (χ0) is 21.2. The van der Waals surface area contributed by atoms with Crippen molar-refractivity contribution in [3.63, 3.8) is 0 Å². The van der Waals surface area contributed by atoms with Gasteiger partial charge in [-0.1, -0.05) is 12.1 Å². The second kappa shape index (κ2) is 8.43. The Bertz CT molecular complexity index is 1190. The van der Waals surface area contributed by atoms with Gasteiger partial charge in [0.2, 0.25) is 5.89 Å². The minimum atomic E-state index is 0.0964. The molecule has 0 unspecified atom stereocenters. The molecule has 1 saturated heterocycles. The molecule has 0 atom stereocenters. The molecule has 3 aromatic heterocycles. The molecule has 1 fully saturated rings. The minimum absolute atomic E-state index is 0.0964. The molecular weight excluding hydrogens is 390 g/mol. The standard InChI is InChI=1S/C24H25N5O2/c1-28-16-25-14-22(28)18-2-3-19-13-27-21(11-20(19)10-18)12-23(30)17-4-7-29(8-5-17)15-24-26-6-9-31-24/h2-3,6,9-11,13-14,16-17H,4-5,7-8,12,15H2,1H3. The predicted octanol–water partition coefficient (Wildman–Crippen LogP) is 3.65. The minimum Gasteiger partial charge on any atom is -0.448 e. The van der Waals surface area contributed by atoms with E-state index in [1.54, 1.807) is 18.8 Å². The van der Waals surface area contributed by atoms with E-state index >= 15 is 0 Å². The average molecular weight is 415 g/mol. The summed E-state index contributed by atoms with van der Waals surface area (Å²) in [5.41, 5.74) is 3.00. The number of rotatable bonds is 6. The maximum absolute atomic E-state index is 12.9. The molecule has 1 aromatic carbocycles. The Kier molecular flexibility index (Phi) is 5.34. The third-order valence-electron chi connectivity index (χ3n) is 6.13. The van der Waals surface area contributed by atoms with Gasteiger partial charge in [-0.3, -0.25) is 14.7 Å². The van der Waals surface area contributed by atoms with Gasteiger partial charge in [0.25, 0.3) is 0 Å². The van der Waals surface area contributed by atoms with Crippen LogP contribution >= 0.6 is 0 Å². The molecule has 158 valence electrons. The van der Waals surface area contributed by atoms with Crippen LogP contribution in [0.2, 0.25) is 0 Å². The Labute approximate surface area is 180 Å². The highest BCUT2D eigenvalue weighted by Gasteiger charge is 2.25. The number of hydrogen-bond donors (Lipinski definition) is 0. The second-order valence-corrected chi connectivity index (χ2v) is 8.25. The van der Waals surface area contributed by atoms with Crippen molar-refractivity contribution in [3.8, 4) is 11.3 Å². The SMILES string of the molecule is Cn1cncc1-c1ccc2cnc(CC(=O)C3CCN(Cc4ncco4)CC3)cc2c1. The van der Waals surface area contributed by atoms with Gasteiger partial charge in [0.1, 0.15) is 12.0 Å². The number of imidazole rings is 1. The first kappa shape index (κ1) is 19.6. The fraction of sp³-hybridized carbons (Fsp3) is 0.333. The predicted molar refractivity (Wildman–Crippen MR) is 117 cm³/mol. The number of likely N-dealkylation sites (tertiary alicyclic amines) is 1. The summed E-state index contributed by atoms with van der Waals surface area (Å²) in [5, 5.41) is 2.17. The number of aromatic nitrogens is 4. The number of ketones is 1. The van der Waals surface area contributed by atoms with E-state index in [9.17, 15) is 4.79 Å². The van der Waals surface area contributed by atoms with Gasteiger partial charge < -0.3 is 8.98 Å². The van der Waals surface area contributed by atoms with Gasteiger partial charge in [0, 0.05) is 42.2 Å². The van der Waals surface area contributed by atoms with Crippen LogP contribution in [0, 0.1) is 5.92 Å². The molecule has 1 aliphatic heterocycles. The van der Waals surface area contributed by atoms with E-state index in [0.717, 1.165) is 59.5 Å². The summed E-state index contributed by atoms with van der Waals surface area (Å²) < 4.78 is 7.33. The first-order valence-electron chi connectivity index (χ1n) is 10.6. The van der Waals surface area contributed by atoms with Gasteiger partial charge in [-0.15, -0.1) is 0 Å².